The molecule has 1 aromatic heterocycles. The molecule has 7 rings (SSSR count). The zero-order chi connectivity index (χ0) is 22.6. The number of nitrogens with zero attached hydrogens (tertiary/aromatic N) is 3. The van der Waals surface area contributed by atoms with Crippen LogP contribution in [-0.2, 0) is 27.8 Å². The molecular formula is C25H36N4O3S. The molecule has 33 heavy (non-hydrogen) atoms. The second-order valence-corrected chi connectivity index (χ2v) is 12.8. The Balaban J connectivity index is 1.28. The van der Waals surface area contributed by atoms with Crippen molar-refractivity contribution in [3.8, 4) is 0 Å². The third-order valence-electron chi connectivity index (χ3n) is 8.51. The summed E-state index contributed by atoms with van der Waals surface area (Å²) in [6.45, 7) is 5.55. The van der Waals surface area contributed by atoms with Crippen molar-refractivity contribution in [1.82, 2.24) is 19.2 Å². The van der Waals surface area contributed by atoms with E-state index in [9.17, 15) is 8.42 Å². The Morgan fingerprint density at radius 3 is 2.39 bits per heavy atom. The van der Waals surface area contributed by atoms with Crippen LogP contribution in [0.3, 0.4) is 0 Å². The van der Waals surface area contributed by atoms with E-state index in [0.717, 1.165) is 54.1 Å². The van der Waals surface area contributed by atoms with Crippen LogP contribution in [0.25, 0.3) is 11.0 Å². The van der Waals surface area contributed by atoms with Crippen molar-refractivity contribution < 1.29 is 13.2 Å². The Kier molecular flexibility index (Phi) is 5.55. The first-order valence-corrected chi connectivity index (χ1v) is 14.2. The SMILES string of the molecule is CCCn1c(CNC23CC4CC(CC(C4)C2)C3)nc2cc(S(=O)(=O)N3CCOCC3)ccc21. The smallest absolute Gasteiger partial charge is 0.243 e. The summed E-state index contributed by atoms with van der Waals surface area (Å²) < 4.78 is 35.5. The van der Waals surface area contributed by atoms with E-state index < -0.39 is 10.0 Å². The van der Waals surface area contributed by atoms with Gasteiger partial charge in [-0.3, -0.25) is 0 Å². The quantitative estimate of drug-likeness (QED) is 0.667. The Bertz CT molecular complexity index is 1100. The predicted octanol–water partition coefficient (Wildman–Crippen LogP) is 3.53. The van der Waals surface area contributed by atoms with Crippen LogP contribution >= 0.6 is 0 Å². The van der Waals surface area contributed by atoms with Crippen molar-refractivity contribution in [3.05, 3.63) is 24.0 Å². The van der Waals surface area contributed by atoms with E-state index >= 15 is 0 Å². The van der Waals surface area contributed by atoms with Gasteiger partial charge < -0.3 is 14.6 Å². The molecule has 5 aliphatic rings. The topological polar surface area (TPSA) is 76.5 Å². The average Bonchev–Trinajstić information content (AvgIpc) is 3.14. The highest BCUT2D eigenvalue weighted by Crippen LogP contribution is 2.55. The summed E-state index contributed by atoms with van der Waals surface area (Å²) in [4.78, 5) is 5.29. The van der Waals surface area contributed by atoms with Gasteiger partial charge in [-0.15, -0.1) is 0 Å². The summed E-state index contributed by atoms with van der Waals surface area (Å²) in [5, 5.41) is 3.98. The Morgan fingerprint density at radius 1 is 1.09 bits per heavy atom. The summed E-state index contributed by atoms with van der Waals surface area (Å²) in [5.41, 5.74) is 2.09. The van der Waals surface area contributed by atoms with Gasteiger partial charge in [0.1, 0.15) is 5.82 Å². The fourth-order valence-corrected chi connectivity index (χ4v) is 8.89. The molecule has 1 aromatic carbocycles. The summed E-state index contributed by atoms with van der Waals surface area (Å²) in [6, 6.07) is 5.46. The van der Waals surface area contributed by atoms with Crippen LogP contribution in [-0.4, -0.2) is 54.1 Å². The van der Waals surface area contributed by atoms with Gasteiger partial charge in [0.15, 0.2) is 0 Å². The number of morpholine rings is 1. The molecule has 0 atom stereocenters. The van der Waals surface area contributed by atoms with Gasteiger partial charge in [0.2, 0.25) is 10.0 Å². The molecule has 0 unspecified atom stereocenters. The van der Waals surface area contributed by atoms with E-state index in [2.05, 4.69) is 16.8 Å². The number of aromatic nitrogens is 2. The van der Waals surface area contributed by atoms with Crippen molar-refractivity contribution in [2.24, 2.45) is 17.8 Å². The van der Waals surface area contributed by atoms with E-state index in [1.54, 1.807) is 12.1 Å². The summed E-state index contributed by atoms with van der Waals surface area (Å²) in [6.07, 6.45) is 9.28. The summed E-state index contributed by atoms with van der Waals surface area (Å²) in [7, 11) is -3.52. The van der Waals surface area contributed by atoms with Gasteiger partial charge in [0.25, 0.3) is 0 Å². The summed E-state index contributed by atoms with van der Waals surface area (Å²) >= 11 is 0. The number of sulfonamides is 1. The van der Waals surface area contributed by atoms with Crippen molar-refractivity contribution in [3.63, 3.8) is 0 Å². The lowest BCUT2D eigenvalue weighted by molar-refractivity contribution is -0.0210. The third-order valence-corrected chi connectivity index (χ3v) is 10.4. The van der Waals surface area contributed by atoms with Crippen molar-refractivity contribution >= 4 is 21.1 Å². The van der Waals surface area contributed by atoms with Crippen LogP contribution < -0.4 is 5.32 Å². The second-order valence-electron chi connectivity index (χ2n) is 10.9. The maximum Gasteiger partial charge on any atom is 0.243 e. The highest BCUT2D eigenvalue weighted by Gasteiger charge is 2.50. The molecule has 0 radical (unpaired) electrons. The van der Waals surface area contributed by atoms with E-state index in [1.165, 1.54) is 42.8 Å². The molecule has 2 aromatic rings. The molecule has 8 heteroatoms. The van der Waals surface area contributed by atoms with Crippen LogP contribution in [0.5, 0.6) is 0 Å². The van der Waals surface area contributed by atoms with Gasteiger partial charge in [-0.25, -0.2) is 13.4 Å². The fourth-order valence-electron chi connectivity index (χ4n) is 7.46. The Morgan fingerprint density at radius 2 is 1.76 bits per heavy atom. The first kappa shape index (κ1) is 22.0. The maximum atomic E-state index is 13.2. The Labute approximate surface area is 196 Å². The monoisotopic (exact) mass is 472 g/mol. The Hall–Kier alpha value is -1.48. The molecule has 1 N–H and O–H groups in total. The van der Waals surface area contributed by atoms with Crippen molar-refractivity contribution in [2.45, 2.75) is 75.4 Å². The second kappa shape index (κ2) is 8.33. The number of fused-ring (bicyclic) bond motifs is 1. The van der Waals surface area contributed by atoms with E-state index in [4.69, 9.17) is 9.72 Å². The van der Waals surface area contributed by atoms with Crippen molar-refractivity contribution in [2.75, 3.05) is 26.3 Å². The molecule has 0 spiro atoms. The molecule has 4 aliphatic carbocycles. The lowest BCUT2D eigenvalue weighted by Gasteiger charge is -2.57. The molecule has 7 nitrogen and oxygen atoms in total. The van der Waals surface area contributed by atoms with Gasteiger partial charge in [-0.05, 0) is 80.9 Å². The third kappa shape index (κ3) is 3.93. The zero-order valence-electron chi connectivity index (χ0n) is 19.6. The number of hydrogen-bond acceptors (Lipinski definition) is 5. The lowest BCUT2D eigenvalue weighted by Crippen LogP contribution is -2.58. The number of benzene rings is 1. The van der Waals surface area contributed by atoms with Crippen LogP contribution in [0.4, 0.5) is 0 Å². The maximum absolute atomic E-state index is 13.2. The van der Waals surface area contributed by atoms with Gasteiger partial charge in [0, 0.05) is 25.2 Å². The number of imidazole rings is 1. The minimum atomic E-state index is -3.52. The van der Waals surface area contributed by atoms with E-state index in [1.807, 2.05) is 6.07 Å². The molecule has 2 heterocycles. The van der Waals surface area contributed by atoms with Gasteiger partial charge in [-0.1, -0.05) is 6.92 Å². The zero-order valence-corrected chi connectivity index (χ0v) is 20.4. The average molecular weight is 473 g/mol. The molecular weight excluding hydrogens is 436 g/mol. The molecule has 4 saturated carbocycles. The van der Waals surface area contributed by atoms with Crippen LogP contribution in [0, 0.1) is 17.8 Å². The normalized spacial score (nSPS) is 32.1. The first-order chi connectivity index (χ1) is 16.0. The van der Waals surface area contributed by atoms with Gasteiger partial charge in [-0.2, -0.15) is 4.31 Å². The number of nitrogens with one attached hydrogen (secondary N) is 1. The molecule has 1 saturated heterocycles. The van der Waals surface area contributed by atoms with Gasteiger partial charge >= 0.3 is 0 Å². The first-order valence-electron chi connectivity index (χ1n) is 12.8. The van der Waals surface area contributed by atoms with Crippen LogP contribution in [0.1, 0.15) is 57.7 Å². The standard InChI is InChI=1S/C25H36N4O3S/c1-2-5-29-23-4-3-21(33(30,31)28-6-8-32-9-7-28)13-22(23)27-24(29)17-26-25-14-18-10-19(15-25)12-20(11-18)16-25/h3-4,13,18-20,26H,2,5-12,14-17H2,1H3. The number of hydrogen-bond donors (Lipinski definition) is 1. The van der Waals surface area contributed by atoms with E-state index in [-0.39, 0.29) is 5.54 Å². The number of aryl methyl sites for hydroxylation is 1. The van der Waals surface area contributed by atoms with E-state index in [0.29, 0.717) is 31.2 Å². The lowest BCUT2D eigenvalue weighted by atomic mass is 9.53. The van der Waals surface area contributed by atoms with Crippen molar-refractivity contribution in [1.29, 1.82) is 0 Å². The minimum Gasteiger partial charge on any atom is -0.379 e. The number of rotatable bonds is 7. The highest BCUT2D eigenvalue weighted by molar-refractivity contribution is 7.89. The van der Waals surface area contributed by atoms with Gasteiger partial charge in [0.05, 0.1) is 35.7 Å². The summed E-state index contributed by atoms with van der Waals surface area (Å²) in [5.74, 6) is 3.76. The highest BCUT2D eigenvalue weighted by atomic mass is 32.2. The number of ether oxygens (including phenoxy) is 1. The van der Waals surface area contributed by atoms with Crippen LogP contribution in [0.2, 0.25) is 0 Å². The molecule has 4 bridgehead atoms. The largest absolute Gasteiger partial charge is 0.379 e. The molecule has 1 aliphatic heterocycles. The van der Waals surface area contributed by atoms with Crippen LogP contribution in [0.15, 0.2) is 23.1 Å². The molecule has 0 amide bonds. The molecule has 5 fully saturated rings. The fraction of sp³-hybridized carbons (Fsp3) is 0.720. The molecule has 180 valence electrons. The minimum absolute atomic E-state index is 0.286. The predicted molar refractivity (Wildman–Crippen MR) is 127 cm³/mol.